The number of hydrogen-bond donors (Lipinski definition) is 0. The molecule has 0 aliphatic heterocycles. The van der Waals surface area contributed by atoms with Crippen LogP contribution >= 0.6 is 0 Å². The van der Waals surface area contributed by atoms with E-state index in [2.05, 4.69) is 25.7 Å². The zero-order valence-electron chi connectivity index (χ0n) is 25.4. The molecule has 226 valence electrons. The SMILES string of the molecule is CCCCCC#CC[C@H](OS(=O)(=O)c1ccc(C)cc1)[C@H](CCCCCCCCCCC)OC(=O)c1ccccc1. The normalized spacial score (nSPS) is 12.8. The molecule has 2 aromatic carbocycles. The van der Waals surface area contributed by atoms with Crippen LogP contribution in [0.25, 0.3) is 0 Å². The summed E-state index contributed by atoms with van der Waals surface area (Å²) in [6.07, 6.45) is 13.4. The molecule has 0 saturated heterocycles. The van der Waals surface area contributed by atoms with E-state index in [0.29, 0.717) is 12.0 Å². The van der Waals surface area contributed by atoms with E-state index < -0.39 is 28.3 Å². The van der Waals surface area contributed by atoms with Crippen LogP contribution in [0.1, 0.15) is 126 Å². The highest BCUT2D eigenvalue weighted by Crippen LogP contribution is 2.24. The van der Waals surface area contributed by atoms with Crippen LogP contribution < -0.4 is 0 Å². The second kappa shape index (κ2) is 20.3. The molecule has 2 aromatic rings. The van der Waals surface area contributed by atoms with Gasteiger partial charge in [0, 0.05) is 12.8 Å². The fourth-order valence-corrected chi connectivity index (χ4v) is 5.73. The number of ether oxygens (including phenoxy) is 1. The maximum absolute atomic E-state index is 13.3. The molecule has 0 unspecified atom stereocenters. The van der Waals surface area contributed by atoms with Gasteiger partial charge in [0.25, 0.3) is 10.1 Å². The molecular weight excluding hydrogens is 532 g/mol. The van der Waals surface area contributed by atoms with Gasteiger partial charge in [0.1, 0.15) is 12.2 Å². The summed E-state index contributed by atoms with van der Waals surface area (Å²) in [6.45, 7) is 6.27. The van der Waals surface area contributed by atoms with Gasteiger partial charge in [-0.1, -0.05) is 114 Å². The summed E-state index contributed by atoms with van der Waals surface area (Å²) in [5.41, 5.74) is 1.38. The van der Waals surface area contributed by atoms with E-state index in [0.717, 1.165) is 50.5 Å². The predicted molar refractivity (Wildman–Crippen MR) is 167 cm³/mol. The highest BCUT2D eigenvalue weighted by molar-refractivity contribution is 7.86. The second-order valence-corrected chi connectivity index (χ2v) is 12.4. The molecule has 0 aromatic heterocycles. The van der Waals surface area contributed by atoms with Crippen LogP contribution in [-0.2, 0) is 19.0 Å². The van der Waals surface area contributed by atoms with Gasteiger partial charge in [0.2, 0.25) is 0 Å². The second-order valence-electron chi connectivity index (χ2n) is 10.8. The van der Waals surface area contributed by atoms with Gasteiger partial charge in [-0.15, -0.1) is 11.8 Å². The number of rotatable bonds is 20. The third kappa shape index (κ3) is 14.2. The summed E-state index contributed by atoms with van der Waals surface area (Å²) >= 11 is 0. The minimum atomic E-state index is -4.08. The summed E-state index contributed by atoms with van der Waals surface area (Å²) in [5, 5.41) is 0. The van der Waals surface area contributed by atoms with Crippen molar-refractivity contribution < 1.29 is 22.1 Å². The Morgan fingerprint density at radius 2 is 1.32 bits per heavy atom. The quantitative estimate of drug-likeness (QED) is 0.0674. The number of carbonyl (C=O) groups is 1. The van der Waals surface area contributed by atoms with Crippen molar-refractivity contribution in [1.29, 1.82) is 0 Å². The number of esters is 1. The monoisotopic (exact) mass is 582 g/mol. The van der Waals surface area contributed by atoms with Crippen LogP contribution in [0.4, 0.5) is 0 Å². The predicted octanol–water partition coefficient (Wildman–Crippen LogP) is 9.19. The first kappa shape index (κ1) is 34.6. The van der Waals surface area contributed by atoms with E-state index in [4.69, 9.17) is 8.92 Å². The highest BCUT2D eigenvalue weighted by atomic mass is 32.2. The van der Waals surface area contributed by atoms with Gasteiger partial charge in [-0.2, -0.15) is 8.42 Å². The lowest BCUT2D eigenvalue weighted by Gasteiger charge is -2.26. The van der Waals surface area contributed by atoms with E-state index in [-0.39, 0.29) is 11.3 Å². The summed E-state index contributed by atoms with van der Waals surface area (Å²) in [7, 11) is -4.08. The van der Waals surface area contributed by atoms with Crippen molar-refractivity contribution in [2.45, 2.75) is 134 Å². The number of hydrogen-bond acceptors (Lipinski definition) is 5. The third-order valence-corrected chi connectivity index (χ3v) is 8.52. The summed E-state index contributed by atoms with van der Waals surface area (Å²) < 4.78 is 38.4. The summed E-state index contributed by atoms with van der Waals surface area (Å²) in [5.74, 6) is 5.81. The standard InChI is InChI=1S/C35H50O5S/c1-4-6-8-10-12-13-14-16-20-24-33(39-35(36)31-22-18-17-19-23-31)34(25-21-15-11-9-7-5-2)40-41(37,38)32-28-26-30(3)27-29-32/h17-19,22-23,26-29,33-34H,4-14,16,20,24-25H2,1-3H3/t33-,34-/m0/s1. The molecule has 41 heavy (non-hydrogen) atoms. The summed E-state index contributed by atoms with van der Waals surface area (Å²) in [6, 6.07) is 15.4. The van der Waals surface area contributed by atoms with Crippen molar-refractivity contribution in [1.82, 2.24) is 0 Å². The first-order chi connectivity index (χ1) is 19.9. The Kier molecular flexibility index (Phi) is 17.1. The first-order valence-corrected chi connectivity index (χ1v) is 17.0. The molecule has 0 amide bonds. The molecule has 0 fully saturated rings. The molecule has 0 heterocycles. The molecule has 0 N–H and O–H groups in total. The highest BCUT2D eigenvalue weighted by Gasteiger charge is 2.31. The summed E-state index contributed by atoms with van der Waals surface area (Å²) in [4.78, 5) is 13.2. The number of aryl methyl sites for hydroxylation is 1. The average Bonchev–Trinajstić information content (AvgIpc) is 2.97. The Bertz CT molecular complexity index is 1150. The van der Waals surface area contributed by atoms with Gasteiger partial charge in [-0.05, 0) is 50.5 Å². The molecule has 2 atom stereocenters. The van der Waals surface area contributed by atoms with Gasteiger partial charge in [0.15, 0.2) is 0 Å². The van der Waals surface area contributed by atoms with Crippen LogP contribution in [0.5, 0.6) is 0 Å². The van der Waals surface area contributed by atoms with E-state index in [1.807, 2.05) is 13.0 Å². The Morgan fingerprint density at radius 3 is 1.95 bits per heavy atom. The lowest BCUT2D eigenvalue weighted by Crippen LogP contribution is -2.35. The molecule has 0 aliphatic carbocycles. The Morgan fingerprint density at radius 1 is 0.732 bits per heavy atom. The lowest BCUT2D eigenvalue weighted by atomic mass is 10.0. The number of carbonyl (C=O) groups excluding carboxylic acids is 1. The molecule has 2 rings (SSSR count). The molecule has 0 bridgehead atoms. The van der Waals surface area contributed by atoms with Crippen LogP contribution in [0, 0.1) is 18.8 Å². The van der Waals surface area contributed by atoms with E-state index in [1.54, 1.807) is 48.5 Å². The van der Waals surface area contributed by atoms with Crippen LogP contribution in [-0.4, -0.2) is 26.6 Å². The van der Waals surface area contributed by atoms with Crippen LogP contribution in [0.15, 0.2) is 59.5 Å². The molecule has 0 saturated carbocycles. The fraction of sp³-hybridized carbons (Fsp3) is 0.571. The van der Waals surface area contributed by atoms with Crippen LogP contribution in [0.3, 0.4) is 0 Å². The number of unbranched alkanes of at least 4 members (excludes halogenated alkanes) is 11. The minimum absolute atomic E-state index is 0.0835. The molecule has 5 nitrogen and oxygen atoms in total. The van der Waals surface area contributed by atoms with Crippen molar-refractivity contribution in [2.24, 2.45) is 0 Å². The number of benzene rings is 2. The fourth-order valence-electron chi connectivity index (χ4n) is 4.63. The van der Waals surface area contributed by atoms with Crippen molar-refractivity contribution >= 4 is 16.1 Å². The largest absolute Gasteiger partial charge is 0.456 e. The van der Waals surface area contributed by atoms with Gasteiger partial charge in [0.05, 0.1) is 10.5 Å². The van der Waals surface area contributed by atoms with Gasteiger partial charge in [-0.3, -0.25) is 4.18 Å². The van der Waals surface area contributed by atoms with Crippen LogP contribution in [0.2, 0.25) is 0 Å². The third-order valence-electron chi connectivity index (χ3n) is 7.17. The Labute approximate surface area is 249 Å². The lowest BCUT2D eigenvalue weighted by molar-refractivity contribution is -0.0106. The van der Waals surface area contributed by atoms with E-state index in [1.165, 1.54) is 38.5 Å². The Balaban J connectivity index is 2.18. The van der Waals surface area contributed by atoms with Crippen molar-refractivity contribution in [3.63, 3.8) is 0 Å². The average molecular weight is 583 g/mol. The topological polar surface area (TPSA) is 69.7 Å². The maximum Gasteiger partial charge on any atom is 0.338 e. The first-order valence-electron chi connectivity index (χ1n) is 15.6. The van der Waals surface area contributed by atoms with E-state index >= 15 is 0 Å². The molecule has 0 spiro atoms. The van der Waals surface area contributed by atoms with Gasteiger partial charge < -0.3 is 4.74 Å². The Hall–Kier alpha value is -2.62. The smallest absolute Gasteiger partial charge is 0.338 e. The van der Waals surface area contributed by atoms with Gasteiger partial charge in [-0.25, -0.2) is 4.79 Å². The van der Waals surface area contributed by atoms with Gasteiger partial charge >= 0.3 is 5.97 Å². The maximum atomic E-state index is 13.3. The van der Waals surface area contributed by atoms with E-state index in [9.17, 15) is 13.2 Å². The molecule has 0 radical (unpaired) electrons. The zero-order valence-corrected chi connectivity index (χ0v) is 26.2. The molecule has 0 aliphatic rings. The molecule has 6 heteroatoms. The minimum Gasteiger partial charge on any atom is -0.456 e. The van der Waals surface area contributed by atoms with Crippen molar-refractivity contribution in [3.8, 4) is 11.8 Å². The van der Waals surface area contributed by atoms with Crippen molar-refractivity contribution in [2.75, 3.05) is 0 Å². The molecular formula is C35H50O5S. The zero-order chi connectivity index (χ0) is 29.8. The van der Waals surface area contributed by atoms with Crippen molar-refractivity contribution in [3.05, 3.63) is 65.7 Å².